The summed E-state index contributed by atoms with van der Waals surface area (Å²) in [5, 5.41) is 11.6. The van der Waals surface area contributed by atoms with Gasteiger partial charge in [-0.25, -0.2) is 9.78 Å². The first-order valence-electron chi connectivity index (χ1n) is 6.15. The Morgan fingerprint density at radius 1 is 1.53 bits per heavy atom. The second kappa shape index (κ2) is 7.31. The SMILES string of the molecule is C=CCCCC(C)NC(=O)c1ccc(C(=O)O)nc1. The maximum atomic E-state index is 11.9. The molecule has 5 heteroatoms. The highest BCUT2D eigenvalue weighted by atomic mass is 16.4. The molecule has 0 saturated carbocycles. The Morgan fingerprint density at radius 3 is 2.79 bits per heavy atom. The lowest BCUT2D eigenvalue weighted by Crippen LogP contribution is -2.32. The third-order valence-corrected chi connectivity index (χ3v) is 2.67. The van der Waals surface area contributed by atoms with Gasteiger partial charge in [0.05, 0.1) is 5.56 Å². The van der Waals surface area contributed by atoms with Crippen molar-refractivity contribution >= 4 is 11.9 Å². The molecule has 2 N–H and O–H groups in total. The van der Waals surface area contributed by atoms with Gasteiger partial charge in [0.1, 0.15) is 5.69 Å². The van der Waals surface area contributed by atoms with Crippen LogP contribution in [-0.2, 0) is 0 Å². The van der Waals surface area contributed by atoms with Crippen LogP contribution >= 0.6 is 0 Å². The predicted molar refractivity (Wildman–Crippen MR) is 72.2 cm³/mol. The molecule has 1 amide bonds. The zero-order chi connectivity index (χ0) is 14.3. The molecular weight excluding hydrogens is 244 g/mol. The van der Waals surface area contributed by atoms with E-state index in [4.69, 9.17) is 5.11 Å². The Bertz CT molecular complexity index is 454. The maximum absolute atomic E-state index is 11.9. The summed E-state index contributed by atoms with van der Waals surface area (Å²) in [6.07, 6.45) is 5.90. The molecule has 0 saturated heterocycles. The molecule has 0 aliphatic carbocycles. The molecule has 0 aromatic carbocycles. The van der Waals surface area contributed by atoms with Gasteiger partial charge >= 0.3 is 5.97 Å². The second-order valence-corrected chi connectivity index (χ2v) is 4.33. The molecule has 1 aromatic heterocycles. The third kappa shape index (κ3) is 4.91. The first-order valence-corrected chi connectivity index (χ1v) is 6.15. The summed E-state index contributed by atoms with van der Waals surface area (Å²) in [7, 11) is 0. The van der Waals surface area contributed by atoms with E-state index < -0.39 is 5.97 Å². The zero-order valence-corrected chi connectivity index (χ0v) is 10.9. The molecule has 19 heavy (non-hydrogen) atoms. The van der Waals surface area contributed by atoms with Crippen LogP contribution in [0.5, 0.6) is 0 Å². The Balaban J connectivity index is 2.53. The van der Waals surface area contributed by atoms with Gasteiger partial charge in [-0.3, -0.25) is 4.79 Å². The lowest BCUT2D eigenvalue weighted by molar-refractivity contribution is 0.0689. The fourth-order valence-corrected chi connectivity index (χ4v) is 1.60. The number of allylic oxidation sites excluding steroid dienone is 1. The van der Waals surface area contributed by atoms with Gasteiger partial charge in [0.25, 0.3) is 5.91 Å². The number of hydrogen-bond acceptors (Lipinski definition) is 3. The van der Waals surface area contributed by atoms with Crippen LogP contribution in [0.3, 0.4) is 0 Å². The van der Waals surface area contributed by atoms with Gasteiger partial charge in [-0.1, -0.05) is 6.08 Å². The second-order valence-electron chi connectivity index (χ2n) is 4.33. The average Bonchev–Trinajstić information content (AvgIpc) is 2.39. The highest BCUT2D eigenvalue weighted by molar-refractivity contribution is 5.95. The first kappa shape index (κ1) is 14.9. The number of rotatable bonds is 7. The Hall–Kier alpha value is -2.17. The molecule has 0 radical (unpaired) electrons. The molecular formula is C14H18N2O3. The van der Waals surface area contributed by atoms with Crippen LogP contribution in [0.2, 0.25) is 0 Å². The van der Waals surface area contributed by atoms with Crippen molar-refractivity contribution in [3.8, 4) is 0 Å². The van der Waals surface area contributed by atoms with Gasteiger partial charge < -0.3 is 10.4 Å². The summed E-state index contributed by atoms with van der Waals surface area (Å²) in [4.78, 5) is 26.2. The molecule has 0 fully saturated rings. The van der Waals surface area contributed by atoms with E-state index >= 15 is 0 Å². The number of carboxylic acids is 1. The van der Waals surface area contributed by atoms with Crippen LogP contribution in [-0.4, -0.2) is 28.0 Å². The van der Waals surface area contributed by atoms with Crippen LogP contribution in [0.1, 0.15) is 47.0 Å². The van der Waals surface area contributed by atoms with Crippen LogP contribution in [0.4, 0.5) is 0 Å². The maximum Gasteiger partial charge on any atom is 0.354 e. The molecule has 0 bridgehead atoms. The van der Waals surface area contributed by atoms with E-state index in [1.807, 2.05) is 13.0 Å². The number of amides is 1. The molecule has 1 atom stereocenters. The van der Waals surface area contributed by atoms with Crippen molar-refractivity contribution < 1.29 is 14.7 Å². The van der Waals surface area contributed by atoms with Crippen LogP contribution in [0, 0.1) is 0 Å². The zero-order valence-electron chi connectivity index (χ0n) is 10.9. The molecule has 5 nitrogen and oxygen atoms in total. The van der Waals surface area contributed by atoms with Gasteiger partial charge in [-0.05, 0) is 38.3 Å². The van der Waals surface area contributed by atoms with Gasteiger partial charge in [-0.2, -0.15) is 0 Å². The third-order valence-electron chi connectivity index (χ3n) is 2.67. The lowest BCUT2D eigenvalue weighted by atomic mass is 10.1. The fraction of sp³-hybridized carbons (Fsp3) is 0.357. The Morgan fingerprint density at radius 2 is 2.26 bits per heavy atom. The number of aromatic carboxylic acids is 1. The van der Waals surface area contributed by atoms with Crippen molar-refractivity contribution in [1.82, 2.24) is 10.3 Å². The summed E-state index contributed by atoms with van der Waals surface area (Å²) >= 11 is 0. The number of carboxylic acid groups (broad SMARTS) is 1. The largest absolute Gasteiger partial charge is 0.477 e. The van der Waals surface area contributed by atoms with Gasteiger partial charge in [0.2, 0.25) is 0 Å². The van der Waals surface area contributed by atoms with E-state index in [1.54, 1.807) is 0 Å². The molecule has 0 aliphatic heterocycles. The van der Waals surface area contributed by atoms with Crippen molar-refractivity contribution in [2.45, 2.75) is 32.2 Å². The quantitative estimate of drug-likeness (QED) is 0.583. The molecule has 1 rings (SSSR count). The van der Waals surface area contributed by atoms with Gasteiger partial charge in [0.15, 0.2) is 0 Å². The number of unbranched alkanes of at least 4 members (excludes halogenated alkanes) is 1. The lowest BCUT2D eigenvalue weighted by Gasteiger charge is -2.13. The first-order chi connectivity index (χ1) is 9.04. The van der Waals surface area contributed by atoms with Gasteiger partial charge in [0, 0.05) is 12.2 Å². The summed E-state index contributed by atoms with van der Waals surface area (Å²) in [6, 6.07) is 2.84. The topological polar surface area (TPSA) is 79.3 Å². The highest BCUT2D eigenvalue weighted by Gasteiger charge is 2.11. The smallest absolute Gasteiger partial charge is 0.354 e. The molecule has 1 heterocycles. The number of carbonyl (C=O) groups is 2. The average molecular weight is 262 g/mol. The van der Waals surface area contributed by atoms with Crippen molar-refractivity contribution in [3.05, 3.63) is 42.2 Å². The number of pyridine rings is 1. The van der Waals surface area contributed by atoms with E-state index in [0.717, 1.165) is 19.3 Å². The highest BCUT2D eigenvalue weighted by Crippen LogP contribution is 2.04. The van der Waals surface area contributed by atoms with Gasteiger partial charge in [-0.15, -0.1) is 6.58 Å². The minimum atomic E-state index is -1.11. The summed E-state index contributed by atoms with van der Waals surface area (Å²) in [6.45, 7) is 5.58. The minimum absolute atomic E-state index is 0.0617. The molecule has 0 spiro atoms. The normalized spacial score (nSPS) is 11.6. The van der Waals surface area contributed by atoms with E-state index in [9.17, 15) is 9.59 Å². The van der Waals surface area contributed by atoms with Crippen LogP contribution in [0.15, 0.2) is 31.0 Å². The van der Waals surface area contributed by atoms with Crippen LogP contribution < -0.4 is 5.32 Å². The van der Waals surface area contributed by atoms with Crippen LogP contribution in [0.25, 0.3) is 0 Å². The number of nitrogens with zero attached hydrogens (tertiary/aromatic N) is 1. The molecule has 102 valence electrons. The number of hydrogen-bond donors (Lipinski definition) is 2. The summed E-state index contributed by atoms with van der Waals surface area (Å²) in [5.41, 5.74) is 0.288. The monoisotopic (exact) mass is 262 g/mol. The van der Waals surface area contributed by atoms with Crippen molar-refractivity contribution in [1.29, 1.82) is 0 Å². The minimum Gasteiger partial charge on any atom is -0.477 e. The summed E-state index contributed by atoms with van der Waals surface area (Å²) in [5.74, 6) is -1.35. The van der Waals surface area contributed by atoms with E-state index in [1.165, 1.54) is 18.3 Å². The number of aromatic nitrogens is 1. The number of carbonyl (C=O) groups excluding carboxylic acids is 1. The standard InChI is InChI=1S/C14H18N2O3/c1-3-4-5-6-10(2)16-13(17)11-7-8-12(14(18)19)15-9-11/h3,7-10H,1,4-6H2,2H3,(H,16,17)(H,18,19). The number of nitrogens with one attached hydrogen (secondary N) is 1. The van der Waals surface area contributed by atoms with E-state index in [-0.39, 0.29) is 17.6 Å². The van der Waals surface area contributed by atoms with Crippen molar-refractivity contribution in [2.75, 3.05) is 0 Å². The molecule has 0 aliphatic rings. The summed E-state index contributed by atoms with van der Waals surface area (Å²) < 4.78 is 0. The molecule has 1 aromatic rings. The van der Waals surface area contributed by atoms with E-state index in [0.29, 0.717) is 5.56 Å². The fourth-order valence-electron chi connectivity index (χ4n) is 1.60. The Labute approximate surface area is 112 Å². The van der Waals surface area contributed by atoms with Crippen molar-refractivity contribution in [2.24, 2.45) is 0 Å². The Kier molecular flexibility index (Phi) is 5.73. The van der Waals surface area contributed by atoms with Crippen molar-refractivity contribution in [3.63, 3.8) is 0 Å². The molecule has 1 unspecified atom stereocenters. The predicted octanol–water partition coefficient (Wildman–Crippen LogP) is 2.25. The van der Waals surface area contributed by atoms with E-state index in [2.05, 4.69) is 16.9 Å².